The van der Waals surface area contributed by atoms with Crippen LogP contribution in [0.15, 0.2) is 84.9 Å². The van der Waals surface area contributed by atoms with E-state index in [-0.39, 0.29) is 11.9 Å². The lowest BCUT2D eigenvalue weighted by Gasteiger charge is -2.22. The van der Waals surface area contributed by atoms with Crippen molar-refractivity contribution in [2.75, 3.05) is 5.32 Å². The highest BCUT2D eigenvalue weighted by atomic mass is 32.1. The molecule has 0 bridgehead atoms. The van der Waals surface area contributed by atoms with E-state index in [1.54, 1.807) is 12.1 Å². The summed E-state index contributed by atoms with van der Waals surface area (Å²) in [7, 11) is 0. The molecule has 3 aromatic carbocycles. The van der Waals surface area contributed by atoms with Crippen molar-refractivity contribution in [2.24, 2.45) is 0 Å². The molecule has 2 nitrogen and oxygen atoms in total. The number of nitrogens with one attached hydrogen (secondary N) is 2. The van der Waals surface area contributed by atoms with Crippen molar-refractivity contribution in [3.8, 4) is 0 Å². The molecule has 1 atom stereocenters. The largest absolute Gasteiger partial charge is 0.355 e. The standard InChI is InChI=1S/C21H19FN2S/c22-18-11-13-19(14-12-18)23-21(25)24-20(17-9-5-2-6-10-17)15-16-7-3-1-4-8-16/h1-14,20H,15H2,(H2,23,24,25)/t20-/m0/s1. The molecule has 3 rings (SSSR count). The summed E-state index contributed by atoms with van der Waals surface area (Å²) in [6.07, 6.45) is 0.816. The Morgan fingerprint density at radius 1 is 0.840 bits per heavy atom. The van der Waals surface area contributed by atoms with E-state index >= 15 is 0 Å². The Labute approximate surface area is 152 Å². The van der Waals surface area contributed by atoms with Crippen molar-refractivity contribution in [2.45, 2.75) is 12.5 Å². The monoisotopic (exact) mass is 350 g/mol. The van der Waals surface area contributed by atoms with Gasteiger partial charge >= 0.3 is 0 Å². The van der Waals surface area contributed by atoms with Crippen molar-refractivity contribution < 1.29 is 4.39 Å². The first kappa shape index (κ1) is 17.1. The fourth-order valence-corrected chi connectivity index (χ4v) is 2.91. The van der Waals surface area contributed by atoms with Crippen LogP contribution in [0.4, 0.5) is 10.1 Å². The molecule has 3 aromatic rings. The molecule has 0 aliphatic heterocycles. The maximum absolute atomic E-state index is 13.0. The van der Waals surface area contributed by atoms with Crippen molar-refractivity contribution in [3.63, 3.8) is 0 Å². The van der Waals surface area contributed by atoms with E-state index in [0.717, 1.165) is 17.7 Å². The van der Waals surface area contributed by atoms with Gasteiger partial charge in [-0.25, -0.2) is 4.39 Å². The average molecular weight is 350 g/mol. The Bertz CT molecular complexity index is 804. The Morgan fingerprint density at radius 3 is 2.08 bits per heavy atom. The minimum Gasteiger partial charge on any atom is -0.355 e. The quantitative estimate of drug-likeness (QED) is 0.626. The van der Waals surface area contributed by atoms with E-state index in [9.17, 15) is 4.39 Å². The van der Waals surface area contributed by atoms with Crippen molar-refractivity contribution in [3.05, 3.63) is 102 Å². The van der Waals surface area contributed by atoms with Crippen LogP contribution in [0.1, 0.15) is 17.2 Å². The summed E-state index contributed by atoms with van der Waals surface area (Å²) in [6.45, 7) is 0. The molecule has 4 heteroatoms. The van der Waals surface area contributed by atoms with Gasteiger partial charge in [0.2, 0.25) is 0 Å². The molecule has 0 aliphatic carbocycles. The molecule has 0 fully saturated rings. The summed E-state index contributed by atoms with van der Waals surface area (Å²) >= 11 is 5.45. The fraction of sp³-hybridized carbons (Fsp3) is 0.0952. The van der Waals surface area contributed by atoms with Gasteiger partial charge in [0.05, 0.1) is 6.04 Å². The molecule has 0 unspecified atom stereocenters. The smallest absolute Gasteiger partial charge is 0.171 e. The first-order valence-corrected chi connectivity index (χ1v) is 8.53. The van der Waals surface area contributed by atoms with E-state index < -0.39 is 0 Å². The average Bonchev–Trinajstić information content (AvgIpc) is 2.65. The summed E-state index contributed by atoms with van der Waals surface area (Å²) in [6, 6.07) is 26.7. The molecule has 126 valence electrons. The maximum Gasteiger partial charge on any atom is 0.171 e. The van der Waals surface area contributed by atoms with Gasteiger partial charge in [-0.15, -0.1) is 0 Å². The van der Waals surface area contributed by atoms with Crippen LogP contribution >= 0.6 is 12.2 Å². The lowest BCUT2D eigenvalue weighted by atomic mass is 9.99. The maximum atomic E-state index is 13.0. The highest BCUT2D eigenvalue weighted by molar-refractivity contribution is 7.80. The van der Waals surface area contributed by atoms with Gasteiger partial charge in [-0.2, -0.15) is 0 Å². The molecule has 0 saturated carbocycles. The van der Waals surface area contributed by atoms with Gasteiger partial charge in [-0.3, -0.25) is 0 Å². The topological polar surface area (TPSA) is 24.1 Å². The summed E-state index contributed by atoms with van der Waals surface area (Å²) in [5.41, 5.74) is 3.15. The first-order chi connectivity index (χ1) is 12.2. The van der Waals surface area contributed by atoms with Gasteiger partial charge in [-0.05, 0) is 54.0 Å². The number of benzene rings is 3. The van der Waals surface area contributed by atoms with Crippen LogP contribution < -0.4 is 10.6 Å². The van der Waals surface area contributed by atoms with Gasteiger partial charge in [0.15, 0.2) is 5.11 Å². The minimum atomic E-state index is -0.268. The minimum absolute atomic E-state index is 0.0454. The number of rotatable bonds is 5. The zero-order chi connectivity index (χ0) is 17.5. The molecular formula is C21H19FN2S. The fourth-order valence-electron chi connectivity index (χ4n) is 2.65. The molecule has 0 aromatic heterocycles. The van der Waals surface area contributed by atoms with Crippen LogP contribution in [-0.4, -0.2) is 5.11 Å². The Morgan fingerprint density at radius 2 is 1.44 bits per heavy atom. The van der Waals surface area contributed by atoms with Crippen LogP contribution in [-0.2, 0) is 6.42 Å². The second-order valence-electron chi connectivity index (χ2n) is 5.76. The van der Waals surface area contributed by atoms with Crippen molar-refractivity contribution in [1.29, 1.82) is 0 Å². The third kappa shape index (κ3) is 5.13. The third-order valence-corrected chi connectivity index (χ3v) is 4.11. The van der Waals surface area contributed by atoms with Gasteiger partial charge in [0.25, 0.3) is 0 Å². The molecule has 0 radical (unpaired) electrons. The molecule has 2 N–H and O–H groups in total. The highest BCUT2D eigenvalue weighted by Crippen LogP contribution is 2.19. The summed E-state index contributed by atoms with van der Waals surface area (Å²) in [5.74, 6) is -0.268. The molecule has 25 heavy (non-hydrogen) atoms. The van der Waals surface area contributed by atoms with E-state index in [2.05, 4.69) is 34.9 Å². The number of halogens is 1. The SMILES string of the molecule is Fc1ccc(NC(=S)N[C@@H](Cc2ccccc2)c2ccccc2)cc1. The van der Waals surface area contributed by atoms with Crippen LogP contribution in [0.3, 0.4) is 0 Å². The van der Waals surface area contributed by atoms with E-state index in [1.165, 1.54) is 17.7 Å². The van der Waals surface area contributed by atoms with E-state index in [0.29, 0.717) is 5.11 Å². The number of hydrogen-bond acceptors (Lipinski definition) is 1. The zero-order valence-corrected chi connectivity index (χ0v) is 14.5. The Kier molecular flexibility index (Phi) is 5.75. The summed E-state index contributed by atoms with van der Waals surface area (Å²) < 4.78 is 13.0. The number of hydrogen-bond donors (Lipinski definition) is 2. The molecule has 0 spiro atoms. The summed E-state index contributed by atoms with van der Waals surface area (Å²) in [5, 5.41) is 6.99. The predicted molar refractivity (Wildman–Crippen MR) is 105 cm³/mol. The second kappa shape index (κ2) is 8.40. The molecule has 0 aliphatic rings. The molecule has 0 heterocycles. The summed E-state index contributed by atoms with van der Waals surface area (Å²) in [4.78, 5) is 0. The number of thiocarbonyl (C=S) groups is 1. The van der Waals surface area contributed by atoms with Gasteiger partial charge < -0.3 is 10.6 Å². The van der Waals surface area contributed by atoms with E-state index in [4.69, 9.17) is 12.2 Å². The van der Waals surface area contributed by atoms with Gasteiger partial charge in [-0.1, -0.05) is 60.7 Å². The normalized spacial score (nSPS) is 11.6. The van der Waals surface area contributed by atoms with Crippen LogP contribution in [0.25, 0.3) is 0 Å². The highest BCUT2D eigenvalue weighted by Gasteiger charge is 2.13. The molecule has 0 amide bonds. The van der Waals surface area contributed by atoms with Crippen molar-refractivity contribution >= 4 is 23.0 Å². The third-order valence-electron chi connectivity index (χ3n) is 3.89. The zero-order valence-electron chi connectivity index (χ0n) is 13.7. The molecule has 0 saturated heterocycles. The van der Waals surface area contributed by atoms with Crippen LogP contribution in [0.5, 0.6) is 0 Å². The van der Waals surface area contributed by atoms with Crippen LogP contribution in [0, 0.1) is 5.82 Å². The van der Waals surface area contributed by atoms with Gasteiger partial charge in [0, 0.05) is 5.69 Å². The van der Waals surface area contributed by atoms with Crippen LogP contribution in [0.2, 0.25) is 0 Å². The van der Waals surface area contributed by atoms with Crippen molar-refractivity contribution in [1.82, 2.24) is 5.32 Å². The second-order valence-corrected chi connectivity index (χ2v) is 6.17. The van der Waals surface area contributed by atoms with Gasteiger partial charge in [0.1, 0.15) is 5.82 Å². The Hall–Kier alpha value is -2.72. The predicted octanol–water partition coefficient (Wildman–Crippen LogP) is 5.10. The number of anilines is 1. The Balaban J connectivity index is 1.72. The lowest BCUT2D eigenvalue weighted by Crippen LogP contribution is -2.33. The first-order valence-electron chi connectivity index (χ1n) is 8.12. The lowest BCUT2D eigenvalue weighted by molar-refractivity contribution is 0.628. The van der Waals surface area contributed by atoms with E-state index in [1.807, 2.05) is 36.4 Å². The molecular weight excluding hydrogens is 331 g/mol.